The first kappa shape index (κ1) is 21.0. The van der Waals surface area contributed by atoms with E-state index in [2.05, 4.69) is 15.5 Å². The molecule has 0 spiro atoms. The first-order chi connectivity index (χ1) is 13.7. The van der Waals surface area contributed by atoms with Gasteiger partial charge in [0.05, 0.1) is 5.69 Å². The number of nitrogens with zero attached hydrogens (tertiary/aromatic N) is 2. The molecule has 1 aromatic heterocycles. The molecule has 0 atom stereocenters. The Kier molecular flexibility index (Phi) is 6.35. The fourth-order valence-electron chi connectivity index (χ4n) is 3.33. The smallest absolute Gasteiger partial charge is 0.224 e. The first-order valence-corrected chi connectivity index (χ1v) is 9.95. The average Bonchev–Trinajstić information content (AvgIpc) is 3.16. The van der Waals surface area contributed by atoms with Crippen molar-refractivity contribution in [2.75, 3.05) is 28.6 Å². The second kappa shape index (κ2) is 8.76. The minimum Gasteiger partial charge on any atom is -0.366 e. The molecule has 1 aromatic carbocycles. The molecule has 1 amide bonds. The number of hydrogen-bond donors (Lipinski definition) is 2. The maximum Gasteiger partial charge on any atom is 0.224 e. The summed E-state index contributed by atoms with van der Waals surface area (Å²) in [4.78, 5) is 19.3. The maximum atomic E-state index is 13.4. The molecule has 3 rings (SSSR count). The predicted octanol–water partition coefficient (Wildman–Crippen LogP) is 4.95. The van der Waals surface area contributed by atoms with Gasteiger partial charge in [0, 0.05) is 26.1 Å². The molecule has 0 unspecified atom stereocenters. The van der Waals surface area contributed by atoms with Crippen molar-refractivity contribution in [3.05, 3.63) is 47.5 Å². The van der Waals surface area contributed by atoms with Crippen LogP contribution in [-0.2, 0) is 11.3 Å². The Morgan fingerprint density at radius 1 is 1.10 bits per heavy atom. The molecule has 7 heteroatoms. The topological polar surface area (TPSA) is 57.3 Å². The summed E-state index contributed by atoms with van der Waals surface area (Å²) >= 11 is 0. The van der Waals surface area contributed by atoms with E-state index in [0.29, 0.717) is 30.0 Å². The zero-order valence-corrected chi connectivity index (χ0v) is 17.2. The number of amides is 1. The van der Waals surface area contributed by atoms with Gasteiger partial charge in [0.15, 0.2) is 17.5 Å². The molecule has 5 nitrogen and oxygen atoms in total. The van der Waals surface area contributed by atoms with Gasteiger partial charge in [-0.1, -0.05) is 26.8 Å². The molecule has 2 N–H and O–H groups in total. The van der Waals surface area contributed by atoms with Crippen LogP contribution in [0.1, 0.15) is 45.6 Å². The molecule has 0 bridgehead atoms. The number of aromatic nitrogens is 1. The highest BCUT2D eigenvalue weighted by atomic mass is 19.2. The SMILES string of the molecule is CC(C)(C)CC(=O)Nc1ccc(NCc2ccc(F)c(F)c2)nc1N1CCCC1. The zero-order chi connectivity index (χ0) is 21.0. The van der Waals surface area contributed by atoms with E-state index in [-0.39, 0.29) is 11.3 Å². The Morgan fingerprint density at radius 3 is 2.48 bits per heavy atom. The summed E-state index contributed by atoms with van der Waals surface area (Å²) in [7, 11) is 0. The minimum absolute atomic E-state index is 0.0396. The fraction of sp³-hybridized carbons (Fsp3) is 0.455. The molecule has 1 aliphatic rings. The van der Waals surface area contributed by atoms with Gasteiger partial charge in [-0.25, -0.2) is 13.8 Å². The lowest BCUT2D eigenvalue weighted by Gasteiger charge is -2.23. The molecule has 2 aromatic rings. The Labute approximate surface area is 170 Å². The Morgan fingerprint density at radius 2 is 1.83 bits per heavy atom. The summed E-state index contributed by atoms with van der Waals surface area (Å²) in [5.41, 5.74) is 1.22. The number of halogens is 2. The lowest BCUT2D eigenvalue weighted by Crippen LogP contribution is -2.24. The van der Waals surface area contributed by atoms with Crippen molar-refractivity contribution in [1.82, 2.24) is 4.98 Å². The average molecular weight is 402 g/mol. The number of hydrogen-bond acceptors (Lipinski definition) is 4. The van der Waals surface area contributed by atoms with Gasteiger partial charge in [0.2, 0.25) is 5.91 Å². The number of pyridine rings is 1. The van der Waals surface area contributed by atoms with Gasteiger partial charge in [-0.2, -0.15) is 0 Å². The van der Waals surface area contributed by atoms with Gasteiger partial charge in [0.25, 0.3) is 0 Å². The van der Waals surface area contributed by atoms with Crippen LogP contribution >= 0.6 is 0 Å². The van der Waals surface area contributed by atoms with E-state index in [0.717, 1.165) is 37.8 Å². The Balaban J connectivity index is 1.76. The highest BCUT2D eigenvalue weighted by Crippen LogP contribution is 2.30. The standard InChI is InChI=1S/C22H28F2N4O/c1-22(2,3)13-20(29)26-18-8-9-19(27-21(18)28-10-4-5-11-28)25-14-15-6-7-16(23)17(24)12-15/h6-9,12H,4-5,10-11,13-14H2,1-3H3,(H,25,27)(H,26,29). The van der Waals surface area contributed by atoms with Gasteiger partial charge < -0.3 is 15.5 Å². The van der Waals surface area contributed by atoms with Gasteiger partial charge in [-0.05, 0) is 48.1 Å². The van der Waals surface area contributed by atoms with E-state index >= 15 is 0 Å². The van der Waals surface area contributed by atoms with Gasteiger partial charge in [0.1, 0.15) is 5.82 Å². The summed E-state index contributed by atoms with van der Waals surface area (Å²) < 4.78 is 26.5. The van der Waals surface area contributed by atoms with Crippen LogP contribution in [0.3, 0.4) is 0 Å². The van der Waals surface area contributed by atoms with Gasteiger partial charge in [-0.3, -0.25) is 4.79 Å². The highest BCUT2D eigenvalue weighted by Gasteiger charge is 2.21. The highest BCUT2D eigenvalue weighted by molar-refractivity contribution is 5.94. The van der Waals surface area contributed by atoms with Crippen molar-refractivity contribution in [3.63, 3.8) is 0 Å². The van der Waals surface area contributed by atoms with Gasteiger partial charge >= 0.3 is 0 Å². The van der Waals surface area contributed by atoms with Crippen molar-refractivity contribution < 1.29 is 13.6 Å². The summed E-state index contributed by atoms with van der Waals surface area (Å²) in [5.74, 6) is -0.418. The van der Waals surface area contributed by atoms with Crippen molar-refractivity contribution in [2.45, 2.75) is 46.6 Å². The van der Waals surface area contributed by atoms with E-state index < -0.39 is 11.6 Å². The molecular formula is C22H28F2N4O. The molecular weight excluding hydrogens is 374 g/mol. The number of carbonyl (C=O) groups is 1. The van der Waals surface area contributed by atoms with E-state index in [1.807, 2.05) is 26.8 Å². The largest absolute Gasteiger partial charge is 0.366 e. The molecule has 0 saturated carbocycles. The van der Waals surface area contributed by atoms with Crippen molar-refractivity contribution in [3.8, 4) is 0 Å². The summed E-state index contributed by atoms with van der Waals surface area (Å²) in [6.45, 7) is 8.18. The number of anilines is 3. The van der Waals surface area contributed by atoms with Crippen LogP contribution in [0, 0.1) is 17.0 Å². The fourth-order valence-corrected chi connectivity index (χ4v) is 3.33. The van der Waals surface area contributed by atoms with Crippen LogP contribution in [0.15, 0.2) is 30.3 Å². The Bertz CT molecular complexity index is 874. The lowest BCUT2D eigenvalue weighted by atomic mass is 9.92. The second-order valence-electron chi connectivity index (χ2n) is 8.65. The first-order valence-electron chi connectivity index (χ1n) is 9.95. The van der Waals surface area contributed by atoms with E-state index in [9.17, 15) is 13.6 Å². The zero-order valence-electron chi connectivity index (χ0n) is 17.2. The van der Waals surface area contributed by atoms with Crippen molar-refractivity contribution in [2.24, 2.45) is 5.41 Å². The maximum absolute atomic E-state index is 13.4. The minimum atomic E-state index is -0.869. The summed E-state index contributed by atoms with van der Waals surface area (Å²) in [6.07, 6.45) is 2.59. The summed E-state index contributed by atoms with van der Waals surface area (Å²) in [5, 5.41) is 6.15. The van der Waals surface area contributed by atoms with Crippen LogP contribution < -0.4 is 15.5 Å². The third-order valence-electron chi connectivity index (χ3n) is 4.70. The van der Waals surface area contributed by atoms with Gasteiger partial charge in [-0.15, -0.1) is 0 Å². The van der Waals surface area contributed by atoms with E-state index in [1.165, 1.54) is 12.1 Å². The molecule has 1 saturated heterocycles. The van der Waals surface area contributed by atoms with Crippen LogP contribution in [-0.4, -0.2) is 24.0 Å². The Hall–Kier alpha value is -2.70. The second-order valence-corrected chi connectivity index (χ2v) is 8.65. The monoisotopic (exact) mass is 402 g/mol. The molecule has 156 valence electrons. The number of carbonyl (C=O) groups excluding carboxylic acids is 1. The molecule has 2 heterocycles. The molecule has 0 aliphatic carbocycles. The predicted molar refractivity (Wildman–Crippen MR) is 112 cm³/mol. The normalized spacial score (nSPS) is 14.2. The van der Waals surface area contributed by atoms with Crippen molar-refractivity contribution in [1.29, 1.82) is 0 Å². The third-order valence-corrected chi connectivity index (χ3v) is 4.70. The van der Waals surface area contributed by atoms with E-state index in [4.69, 9.17) is 4.98 Å². The van der Waals surface area contributed by atoms with Crippen LogP contribution in [0.4, 0.5) is 26.1 Å². The van der Waals surface area contributed by atoms with Crippen molar-refractivity contribution >= 4 is 23.2 Å². The van der Waals surface area contributed by atoms with Crippen LogP contribution in [0.5, 0.6) is 0 Å². The van der Waals surface area contributed by atoms with Crippen LogP contribution in [0.2, 0.25) is 0 Å². The number of rotatable bonds is 6. The number of nitrogens with one attached hydrogen (secondary N) is 2. The third kappa shape index (κ3) is 5.89. The molecule has 0 radical (unpaired) electrons. The lowest BCUT2D eigenvalue weighted by molar-refractivity contribution is -0.117. The molecule has 1 aliphatic heterocycles. The molecule has 29 heavy (non-hydrogen) atoms. The quantitative estimate of drug-likeness (QED) is 0.718. The molecule has 1 fully saturated rings. The number of benzene rings is 1. The van der Waals surface area contributed by atoms with E-state index in [1.54, 1.807) is 6.07 Å². The van der Waals surface area contributed by atoms with Crippen LogP contribution in [0.25, 0.3) is 0 Å². The summed E-state index contributed by atoms with van der Waals surface area (Å²) in [6, 6.07) is 7.45.